The largest absolute Gasteiger partial charge is 0.493 e. The number of ether oxygens (including phenoxy) is 4. The minimum absolute atomic E-state index is 0.183. The first-order chi connectivity index (χ1) is 16.8. The molecule has 1 aromatic rings. The summed E-state index contributed by atoms with van der Waals surface area (Å²) in [5.74, 6) is -1.73. The maximum absolute atomic E-state index is 12.9. The number of carbonyl (C=O) groups excluding carboxylic acids is 3. The molecule has 2 heterocycles. The molecule has 35 heavy (non-hydrogen) atoms. The topological polar surface area (TPSA) is 113 Å². The second-order valence-electron chi connectivity index (χ2n) is 8.15. The predicted octanol–water partition coefficient (Wildman–Crippen LogP) is 2.60. The smallest absolute Gasteiger partial charge is 0.362 e. The molecule has 1 saturated heterocycles. The van der Waals surface area contributed by atoms with Crippen LogP contribution in [0.15, 0.2) is 40.7 Å². The van der Waals surface area contributed by atoms with Gasteiger partial charge in [-0.25, -0.2) is 14.4 Å². The molecule has 190 valence electrons. The van der Waals surface area contributed by atoms with Crippen LogP contribution in [0.2, 0.25) is 0 Å². The summed E-state index contributed by atoms with van der Waals surface area (Å²) < 4.78 is 21.4. The lowest BCUT2D eigenvalue weighted by molar-refractivity contribution is -0.187. The second kappa shape index (κ2) is 11.7. The molecule has 0 bridgehead atoms. The standard InChI is InChI=1S/C25H32N2O8/c1-6-33-25(30)22-16(3)26-15(2)21(24(29)32-5)23(22)17-9-10-18(19(13-17)31-4)34-14-20(28)35-27-11-7-8-12-27/h9-10,13,23,26H,6-8,11-12,14H2,1-5H3. The van der Waals surface area contributed by atoms with Crippen molar-refractivity contribution in [3.05, 3.63) is 46.3 Å². The number of hydrogen-bond acceptors (Lipinski definition) is 10. The van der Waals surface area contributed by atoms with Crippen molar-refractivity contribution in [1.29, 1.82) is 0 Å². The summed E-state index contributed by atoms with van der Waals surface area (Å²) in [5.41, 5.74) is 2.31. The number of benzene rings is 1. The lowest BCUT2D eigenvalue weighted by Gasteiger charge is -2.30. The average Bonchev–Trinajstić information content (AvgIpc) is 3.34. The van der Waals surface area contributed by atoms with Gasteiger partial charge < -0.3 is 29.1 Å². The van der Waals surface area contributed by atoms with Crippen LogP contribution in [0.4, 0.5) is 0 Å². The molecule has 1 aromatic carbocycles. The van der Waals surface area contributed by atoms with E-state index in [2.05, 4.69) is 5.32 Å². The zero-order valence-electron chi connectivity index (χ0n) is 20.8. The number of nitrogens with zero attached hydrogens (tertiary/aromatic N) is 1. The maximum Gasteiger partial charge on any atom is 0.362 e. The van der Waals surface area contributed by atoms with Gasteiger partial charge in [0.1, 0.15) is 0 Å². The Morgan fingerprint density at radius 1 is 1.00 bits per heavy atom. The van der Waals surface area contributed by atoms with Gasteiger partial charge in [0.05, 0.1) is 37.9 Å². The lowest BCUT2D eigenvalue weighted by atomic mass is 9.80. The Bertz CT molecular complexity index is 1040. The molecular formula is C25H32N2O8. The number of nitrogens with one attached hydrogen (secondary N) is 1. The van der Waals surface area contributed by atoms with Crippen molar-refractivity contribution in [2.45, 2.75) is 39.5 Å². The molecule has 0 amide bonds. The molecule has 1 atom stereocenters. The molecule has 2 aliphatic heterocycles. The van der Waals surface area contributed by atoms with E-state index < -0.39 is 23.8 Å². The van der Waals surface area contributed by atoms with Gasteiger partial charge in [-0.1, -0.05) is 6.07 Å². The SMILES string of the molecule is CCOC(=O)C1=C(C)NC(C)=C(C(=O)OC)C1c1ccc(OCC(=O)ON2CCCC2)c(OC)c1. The molecule has 0 radical (unpaired) electrons. The number of carbonyl (C=O) groups is 3. The minimum atomic E-state index is -0.758. The zero-order valence-corrected chi connectivity index (χ0v) is 20.8. The zero-order chi connectivity index (χ0) is 25.5. The fourth-order valence-corrected chi connectivity index (χ4v) is 4.26. The summed E-state index contributed by atoms with van der Waals surface area (Å²) in [6.45, 7) is 6.52. The third kappa shape index (κ3) is 5.94. The Hall–Kier alpha value is -3.53. The summed E-state index contributed by atoms with van der Waals surface area (Å²) in [7, 11) is 2.75. The Morgan fingerprint density at radius 3 is 2.26 bits per heavy atom. The second-order valence-corrected chi connectivity index (χ2v) is 8.15. The van der Waals surface area contributed by atoms with E-state index in [1.165, 1.54) is 14.2 Å². The van der Waals surface area contributed by atoms with Crippen LogP contribution >= 0.6 is 0 Å². The van der Waals surface area contributed by atoms with Crippen molar-refractivity contribution in [1.82, 2.24) is 10.4 Å². The summed E-state index contributed by atoms with van der Waals surface area (Å²) in [4.78, 5) is 43.0. The van der Waals surface area contributed by atoms with E-state index in [0.717, 1.165) is 12.8 Å². The van der Waals surface area contributed by atoms with E-state index >= 15 is 0 Å². The number of methoxy groups -OCH3 is 2. The van der Waals surface area contributed by atoms with E-state index in [9.17, 15) is 14.4 Å². The molecule has 3 rings (SSSR count). The summed E-state index contributed by atoms with van der Waals surface area (Å²) >= 11 is 0. The van der Waals surface area contributed by atoms with Crippen LogP contribution in [0.25, 0.3) is 0 Å². The van der Waals surface area contributed by atoms with Crippen LogP contribution in [0, 0.1) is 0 Å². The molecular weight excluding hydrogens is 456 g/mol. The third-order valence-electron chi connectivity index (χ3n) is 5.82. The number of hydroxylamine groups is 2. The van der Waals surface area contributed by atoms with Crippen molar-refractivity contribution >= 4 is 17.9 Å². The van der Waals surface area contributed by atoms with E-state index in [0.29, 0.717) is 47.1 Å². The Kier molecular flexibility index (Phi) is 8.75. The van der Waals surface area contributed by atoms with Gasteiger partial charge >= 0.3 is 17.9 Å². The summed E-state index contributed by atoms with van der Waals surface area (Å²) in [6.07, 6.45) is 1.98. The average molecular weight is 489 g/mol. The van der Waals surface area contributed by atoms with Gasteiger partial charge in [0.2, 0.25) is 0 Å². The van der Waals surface area contributed by atoms with Crippen LogP contribution in [0.1, 0.15) is 45.1 Å². The first-order valence-electron chi connectivity index (χ1n) is 11.5. The maximum atomic E-state index is 12.9. The third-order valence-corrected chi connectivity index (χ3v) is 5.82. The Balaban J connectivity index is 1.91. The molecule has 0 aromatic heterocycles. The first kappa shape index (κ1) is 26.1. The van der Waals surface area contributed by atoms with Gasteiger partial charge in [-0.05, 0) is 51.3 Å². The van der Waals surface area contributed by atoms with Crippen LogP contribution < -0.4 is 14.8 Å². The number of dihydropyridines is 1. The molecule has 10 nitrogen and oxygen atoms in total. The van der Waals surface area contributed by atoms with Gasteiger partial charge in [-0.15, -0.1) is 5.06 Å². The highest BCUT2D eigenvalue weighted by molar-refractivity contribution is 5.99. The van der Waals surface area contributed by atoms with Crippen LogP contribution in [0.5, 0.6) is 11.5 Å². The highest BCUT2D eigenvalue weighted by atomic mass is 16.7. The van der Waals surface area contributed by atoms with Crippen molar-refractivity contribution in [3.8, 4) is 11.5 Å². The van der Waals surface area contributed by atoms with Crippen molar-refractivity contribution in [2.75, 3.05) is 40.5 Å². The van der Waals surface area contributed by atoms with E-state index in [1.54, 1.807) is 44.0 Å². The van der Waals surface area contributed by atoms with Crippen molar-refractivity contribution in [2.24, 2.45) is 0 Å². The highest BCUT2D eigenvalue weighted by Crippen LogP contribution is 2.42. The van der Waals surface area contributed by atoms with Gasteiger partial charge in [0.25, 0.3) is 0 Å². The Labute approximate surface area is 204 Å². The molecule has 1 N–H and O–H groups in total. The predicted molar refractivity (Wildman–Crippen MR) is 125 cm³/mol. The van der Waals surface area contributed by atoms with Crippen LogP contribution in [-0.4, -0.2) is 63.5 Å². The first-order valence-corrected chi connectivity index (χ1v) is 11.5. The summed E-state index contributed by atoms with van der Waals surface area (Å²) in [6, 6.07) is 5.00. The number of esters is 2. The molecule has 0 spiro atoms. The van der Waals surface area contributed by atoms with Crippen LogP contribution in [0.3, 0.4) is 0 Å². The molecule has 0 aliphatic carbocycles. The highest BCUT2D eigenvalue weighted by Gasteiger charge is 2.38. The molecule has 0 saturated carbocycles. The van der Waals surface area contributed by atoms with E-state index in [4.69, 9.17) is 23.8 Å². The number of hydrogen-bond donors (Lipinski definition) is 1. The molecule has 1 unspecified atom stereocenters. The minimum Gasteiger partial charge on any atom is -0.493 e. The molecule has 2 aliphatic rings. The molecule has 10 heteroatoms. The quantitative estimate of drug-likeness (QED) is 0.521. The van der Waals surface area contributed by atoms with Gasteiger partial charge in [-0.3, -0.25) is 0 Å². The van der Waals surface area contributed by atoms with Crippen molar-refractivity contribution in [3.63, 3.8) is 0 Å². The fourth-order valence-electron chi connectivity index (χ4n) is 4.26. The number of rotatable bonds is 9. The Morgan fingerprint density at radius 2 is 1.66 bits per heavy atom. The van der Waals surface area contributed by atoms with E-state index in [1.807, 2.05) is 0 Å². The fraction of sp³-hybridized carbons (Fsp3) is 0.480. The van der Waals surface area contributed by atoms with Gasteiger partial charge in [-0.2, -0.15) is 0 Å². The monoisotopic (exact) mass is 488 g/mol. The normalized spacial score (nSPS) is 18.1. The summed E-state index contributed by atoms with van der Waals surface area (Å²) in [5, 5.41) is 4.70. The van der Waals surface area contributed by atoms with E-state index in [-0.39, 0.29) is 18.8 Å². The molecule has 1 fully saturated rings. The lowest BCUT2D eigenvalue weighted by Crippen LogP contribution is -2.32. The van der Waals surface area contributed by atoms with Gasteiger partial charge in [0, 0.05) is 24.5 Å². The van der Waals surface area contributed by atoms with Crippen molar-refractivity contribution < 1.29 is 38.2 Å². The number of allylic oxidation sites excluding steroid dienone is 2. The van der Waals surface area contributed by atoms with Crippen LogP contribution in [-0.2, 0) is 28.7 Å². The van der Waals surface area contributed by atoms with Gasteiger partial charge in [0.15, 0.2) is 18.1 Å².